The molecule has 1 nitrogen and oxygen atoms in total. The van der Waals surface area contributed by atoms with Gasteiger partial charge in [-0.15, -0.1) is 0 Å². The van der Waals surface area contributed by atoms with Crippen LogP contribution in [-0.2, 0) is 0 Å². The molecule has 0 radical (unpaired) electrons. The Morgan fingerprint density at radius 2 is 1.92 bits per heavy atom. The Morgan fingerprint density at radius 1 is 1.25 bits per heavy atom. The zero-order chi connectivity index (χ0) is 9.03. The highest BCUT2D eigenvalue weighted by atomic mass is 15.0. The maximum Gasteiger partial charge on any atom is 0.0204 e. The van der Waals surface area contributed by atoms with Gasteiger partial charge in [0.15, 0.2) is 0 Å². The third-order valence-electron chi connectivity index (χ3n) is 3.74. The second-order valence-electron chi connectivity index (χ2n) is 4.04. The van der Waals surface area contributed by atoms with Gasteiger partial charge in [-0.3, -0.25) is 0 Å². The van der Waals surface area contributed by atoms with Crippen LogP contribution in [0.2, 0.25) is 0 Å². The molecule has 1 heteroatoms. The molecule has 1 heterocycles. The fraction of sp³-hybridized carbons (Fsp3) is 1.00. The van der Waals surface area contributed by atoms with Gasteiger partial charge in [0.1, 0.15) is 0 Å². The second-order valence-corrected chi connectivity index (χ2v) is 4.04. The molecule has 0 amide bonds. The maximum absolute atomic E-state index is 3.73. The lowest BCUT2D eigenvalue weighted by Gasteiger charge is -2.44. The highest BCUT2D eigenvalue weighted by Gasteiger charge is 2.35. The van der Waals surface area contributed by atoms with Crippen molar-refractivity contribution in [1.82, 2.24) is 5.32 Å². The average Bonchev–Trinajstić information content (AvgIpc) is 2.17. The van der Waals surface area contributed by atoms with Crippen LogP contribution < -0.4 is 5.32 Å². The fourth-order valence-corrected chi connectivity index (χ4v) is 2.78. The van der Waals surface area contributed by atoms with Gasteiger partial charge < -0.3 is 5.32 Å². The quantitative estimate of drug-likeness (QED) is 0.685. The van der Waals surface area contributed by atoms with Crippen LogP contribution in [0.5, 0.6) is 0 Å². The minimum Gasteiger partial charge on any atom is -0.311 e. The molecule has 0 aromatic heterocycles. The van der Waals surface area contributed by atoms with Gasteiger partial charge in [-0.2, -0.15) is 0 Å². The minimum atomic E-state index is 0.479. The SMILES string of the molecule is CCC1CCCNC1(CC)CC. The normalized spacial score (nSPS) is 28.8. The van der Waals surface area contributed by atoms with Gasteiger partial charge in [0.25, 0.3) is 0 Å². The van der Waals surface area contributed by atoms with E-state index in [0.29, 0.717) is 5.54 Å². The molecule has 1 aliphatic heterocycles. The van der Waals surface area contributed by atoms with Crippen LogP contribution in [0.1, 0.15) is 52.9 Å². The number of hydrogen-bond donors (Lipinski definition) is 1. The Morgan fingerprint density at radius 3 is 2.33 bits per heavy atom. The highest BCUT2D eigenvalue weighted by molar-refractivity contribution is 4.94. The van der Waals surface area contributed by atoms with E-state index in [1.54, 1.807) is 0 Å². The number of hydrogen-bond acceptors (Lipinski definition) is 1. The van der Waals surface area contributed by atoms with E-state index in [9.17, 15) is 0 Å². The molecule has 0 aromatic rings. The van der Waals surface area contributed by atoms with Crippen molar-refractivity contribution >= 4 is 0 Å². The van der Waals surface area contributed by atoms with E-state index in [2.05, 4.69) is 26.1 Å². The van der Waals surface area contributed by atoms with Gasteiger partial charge in [-0.25, -0.2) is 0 Å². The van der Waals surface area contributed by atoms with Crippen LogP contribution in [-0.4, -0.2) is 12.1 Å². The minimum absolute atomic E-state index is 0.479. The van der Waals surface area contributed by atoms with Crippen molar-refractivity contribution in [2.24, 2.45) is 5.92 Å². The van der Waals surface area contributed by atoms with Gasteiger partial charge in [0.05, 0.1) is 0 Å². The smallest absolute Gasteiger partial charge is 0.0204 e. The summed E-state index contributed by atoms with van der Waals surface area (Å²) in [7, 11) is 0. The predicted molar refractivity (Wildman–Crippen MR) is 54.3 cm³/mol. The first-order chi connectivity index (χ1) is 5.79. The molecule has 1 N–H and O–H groups in total. The lowest BCUT2D eigenvalue weighted by molar-refractivity contribution is 0.140. The Bertz CT molecular complexity index is 127. The molecule has 1 atom stereocenters. The summed E-state index contributed by atoms with van der Waals surface area (Å²) in [5, 5.41) is 3.73. The molecule has 0 aromatic carbocycles. The van der Waals surface area contributed by atoms with Gasteiger partial charge in [0.2, 0.25) is 0 Å². The van der Waals surface area contributed by atoms with Crippen LogP contribution in [0.15, 0.2) is 0 Å². The van der Waals surface area contributed by atoms with Gasteiger partial charge in [-0.05, 0) is 38.1 Å². The highest BCUT2D eigenvalue weighted by Crippen LogP contribution is 2.34. The molecule has 12 heavy (non-hydrogen) atoms. The third-order valence-corrected chi connectivity index (χ3v) is 3.74. The number of piperidine rings is 1. The zero-order valence-electron chi connectivity index (χ0n) is 8.82. The Balaban J connectivity index is 2.66. The Labute approximate surface area is 76.9 Å². The lowest BCUT2D eigenvalue weighted by atomic mass is 9.73. The Kier molecular flexibility index (Phi) is 3.57. The van der Waals surface area contributed by atoms with E-state index >= 15 is 0 Å². The van der Waals surface area contributed by atoms with Gasteiger partial charge >= 0.3 is 0 Å². The summed E-state index contributed by atoms with van der Waals surface area (Å²) in [5.41, 5.74) is 0.479. The first-order valence-electron chi connectivity index (χ1n) is 5.54. The number of rotatable bonds is 3. The van der Waals surface area contributed by atoms with Crippen molar-refractivity contribution in [3.05, 3.63) is 0 Å². The standard InChI is InChI=1S/C11H23N/c1-4-10-8-7-9-12-11(10,5-2)6-3/h10,12H,4-9H2,1-3H3. The van der Waals surface area contributed by atoms with E-state index < -0.39 is 0 Å². The molecular formula is C11H23N. The van der Waals surface area contributed by atoms with Crippen LogP contribution in [0.25, 0.3) is 0 Å². The maximum atomic E-state index is 3.73. The molecule has 0 bridgehead atoms. The zero-order valence-corrected chi connectivity index (χ0v) is 8.82. The molecule has 1 saturated heterocycles. The molecule has 1 fully saturated rings. The topological polar surface area (TPSA) is 12.0 Å². The summed E-state index contributed by atoms with van der Waals surface area (Å²) >= 11 is 0. The summed E-state index contributed by atoms with van der Waals surface area (Å²) in [5.74, 6) is 0.918. The largest absolute Gasteiger partial charge is 0.311 e. The molecule has 0 spiro atoms. The van der Waals surface area contributed by atoms with E-state index in [0.717, 1.165) is 5.92 Å². The molecule has 0 saturated carbocycles. The van der Waals surface area contributed by atoms with E-state index in [1.165, 1.54) is 38.6 Å². The molecule has 1 rings (SSSR count). The van der Waals surface area contributed by atoms with Crippen molar-refractivity contribution in [2.45, 2.75) is 58.4 Å². The first kappa shape index (κ1) is 10.0. The van der Waals surface area contributed by atoms with E-state index in [-0.39, 0.29) is 0 Å². The first-order valence-corrected chi connectivity index (χ1v) is 5.54. The Hall–Kier alpha value is -0.0400. The summed E-state index contributed by atoms with van der Waals surface area (Å²) in [6.45, 7) is 8.21. The van der Waals surface area contributed by atoms with E-state index in [1.807, 2.05) is 0 Å². The van der Waals surface area contributed by atoms with Gasteiger partial charge in [-0.1, -0.05) is 27.2 Å². The fourth-order valence-electron chi connectivity index (χ4n) is 2.78. The van der Waals surface area contributed by atoms with Crippen LogP contribution in [0.4, 0.5) is 0 Å². The average molecular weight is 169 g/mol. The monoisotopic (exact) mass is 169 g/mol. The van der Waals surface area contributed by atoms with Crippen LogP contribution in [0.3, 0.4) is 0 Å². The van der Waals surface area contributed by atoms with Gasteiger partial charge in [0, 0.05) is 5.54 Å². The van der Waals surface area contributed by atoms with Crippen molar-refractivity contribution in [2.75, 3.05) is 6.54 Å². The predicted octanol–water partition coefficient (Wildman–Crippen LogP) is 2.95. The lowest BCUT2D eigenvalue weighted by Crippen LogP contribution is -2.53. The number of nitrogens with one attached hydrogen (secondary N) is 1. The van der Waals surface area contributed by atoms with Crippen LogP contribution in [0, 0.1) is 5.92 Å². The van der Waals surface area contributed by atoms with Crippen molar-refractivity contribution in [3.63, 3.8) is 0 Å². The molecule has 1 unspecified atom stereocenters. The third kappa shape index (κ3) is 1.66. The summed E-state index contributed by atoms with van der Waals surface area (Å²) < 4.78 is 0. The van der Waals surface area contributed by atoms with Crippen molar-refractivity contribution in [1.29, 1.82) is 0 Å². The molecule has 1 aliphatic rings. The molecule has 0 aliphatic carbocycles. The van der Waals surface area contributed by atoms with E-state index in [4.69, 9.17) is 0 Å². The molecule has 72 valence electrons. The summed E-state index contributed by atoms with van der Waals surface area (Å²) in [6.07, 6.45) is 6.74. The van der Waals surface area contributed by atoms with Crippen LogP contribution >= 0.6 is 0 Å². The second kappa shape index (κ2) is 4.27. The molecular weight excluding hydrogens is 146 g/mol. The van der Waals surface area contributed by atoms with Crippen molar-refractivity contribution < 1.29 is 0 Å². The summed E-state index contributed by atoms with van der Waals surface area (Å²) in [4.78, 5) is 0. The summed E-state index contributed by atoms with van der Waals surface area (Å²) in [6, 6.07) is 0. The van der Waals surface area contributed by atoms with Crippen molar-refractivity contribution in [3.8, 4) is 0 Å².